The minimum atomic E-state index is -0.311. The van der Waals surface area contributed by atoms with Gasteiger partial charge in [-0.3, -0.25) is 4.79 Å². The highest BCUT2D eigenvalue weighted by molar-refractivity contribution is 5.79. The third kappa shape index (κ3) is 3.40. The summed E-state index contributed by atoms with van der Waals surface area (Å²) >= 11 is 0. The molecule has 1 aliphatic rings. The molecule has 1 aliphatic heterocycles. The van der Waals surface area contributed by atoms with Crippen molar-refractivity contribution in [2.24, 2.45) is 0 Å². The molecule has 2 rings (SSSR count). The Bertz CT molecular complexity index is 412. The summed E-state index contributed by atoms with van der Waals surface area (Å²) in [6.07, 6.45) is 7.20. The number of carbonyl (C=O) groups excluding carboxylic acids is 1. The summed E-state index contributed by atoms with van der Waals surface area (Å²) in [5.74, 6) is -0.0185. The fourth-order valence-corrected chi connectivity index (χ4v) is 1.93. The van der Waals surface area contributed by atoms with E-state index in [0.29, 0.717) is 6.54 Å². The third-order valence-electron chi connectivity index (χ3n) is 3.12. The van der Waals surface area contributed by atoms with Crippen LogP contribution >= 0.6 is 0 Å². The van der Waals surface area contributed by atoms with Crippen LogP contribution < -0.4 is 10.6 Å². The zero-order valence-corrected chi connectivity index (χ0v) is 10.6. The van der Waals surface area contributed by atoms with E-state index in [0.717, 1.165) is 25.9 Å². The molecule has 0 aromatic carbocycles. The maximum absolute atomic E-state index is 11.9. The molecule has 1 aromatic rings. The zero-order chi connectivity index (χ0) is 12.8. The Balaban J connectivity index is 1.73. The lowest BCUT2D eigenvalue weighted by atomic mass is 10.1. The van der Waals surface area contributed by atoms with Gasteiger partial charge >= 0.3 is 0 Å². The average molecular weight is 249 g/mol. The highest BCUT2D eigenvalue weighted by atomic mass is 16.2. The molecule has 1 atom stereocenters. The molecule has 6 heteroatoms. The molecular formula is C12H19N5O. The molecule has 2 N–H and O–H groups in total. The highest BCUT2D eigenvalue weighted by Crippen LogP contribution is 2.08. The fraction of sp³-hybridized carbons (Fsp3) is 0.583. The number of nitrogens with zero attached hydrogens (tertiary/aromatic N) is 3. The second-order valence-electron chi connectivity index (χ2n) is 4.41. The van der Waals surface area contributed by atoms with Crippen molar-refractivity contribution in [3.8, 4) is 0 Å². The third-order valence-corrected chi connectivity index (χ3v) is 3.12. The van der Waals surface area contributed by atoms with E-state index in [-0.39, 0.29) is 11.9 Å². The standard InChI is InChI=1S/C12H19N5O/c1-10(17-9-14-8-16-17)12(18)15-7-4-11-2-5-13-6-3-11/h2,8-10,13H,3-7H2,1H3,(H,15,18). The van der Waals surface area contributed by atoms with E-state index in [4.69, 9.17) is 0 Å². The van der Waals surface area contributed by atoms with Crippen molar-refractivity contribution in [1.29, 1.82) is 0 Å². The minimum absolute atomic E-state index is 0.0185. The molecule has 1 unspecified atom stereocenters. The van der Waals surface area contributed by atoms with Crippen LogP contribution in [0.2, 0.25) is 0 Å². The molecule has 1 aromatic heterocycles. The van der Waals surface area contributed by atoms with Crippen LogP contribution in [-0.2, 0) is 4.79 Å². The molecule has 2 heterocycles. The summed E-state index contributed by atoms with van der Waals surface area (Å²) < 4.78 is 1.55. The van der Waals surface area contributed by atoms with Gasteiger partial charge in [0.2, 0.25) is 5.91 Å². The van der Waals surface area contributed by atoms with E-state index >= 15 is 0 Å². The first-order chi connectivity index (χ1) is 8.77. The Labute approximate surface area is 106 Å². The SMILES string of the molecule is CC(C(=O)NCCC1=CCNCC1)n1cncn1. The van der Waals surface area contributed by atoms with Crippen molar-refractivity contribution in [1.82, 2.24) is 25.4 Å². The zero-order valence-electron chi connectivity index (χ0n) is 10.6. The summed E-state index contributed by atoms with van der Waals surface area (Å²) in [6, 6.07) is -0.311. The fourth-order valence-electron chi connectivity index (χ4n) is 1.93. The molecule has 0 radical (unpaired) electrons. The monoisotopic (exact) mass is 249 g/mol. The van der Waals surface area contributed by atoms with Crippen LogP contribution in [0.4, 0.5) is 0 Å². The molecule has 0 saturated carbocycles. The molecule has 0 bridgehead atoms. The van der Waals surface area contributed by atoms with Crippen molar-refractivity contribution in [2.75, 3.05) is 19.6 Å². The Morgan fingerprint density at radius 3 is 3.22 bits per heavy atom. The van der Waals surface area contributed by atoms with E-state index in [1.54, 1.807) is 11.0 Å². The average Bonchev–Trinajstić information content (AvgIpc) is 2.93. The number of hydrogen-bond acceptors (Lipinski definition) is 4. The summed E-state index contributed by atoms with van der Waals surface area (Å²) in [5.41, 5.74) is 1.42. The van der Waals surface area contributed by atoms with Crippen molar-refractivity contribution in [3.63, 3.8) is 0 Å². The largest absolute Gasteiger partial charge is 0.354 e. The maximum atomic E-state index is 11.9. The molecule has 0 spiro atoms. The number of nitrogens with one attached hydrogen (secondary N) is 2. The van der Waals surface area contributed by atoms with E-state index in [1.165, 1.54) is 11.9 Å². The Hall–Kier alpha value is -1.69. The Morgan fingerprint density at radius 1 is 1.67 bits per heavy atom. The van der Waals surface area contributed by atoms with Crippen LogP contribution in [-0.4, -0.2) is 40.3 Å². The number of hydrogen-bond donors (Lipinski definition) is 2. The first kappa shape index (κ1) is 12.8. The van der Waals surface area contributed by atoms with Gasteiger partial charge in [-0.15, -0.1) is 0 Å². The predicted octanol–water partition coefficient (Wildman–Crippen LogP) is 0.265. The van der Waals surface area contributed by atoms with Crippen molar-refractivity contribution >= 4 is 5.91 Å². The summed E-state index contributed by atoms with van der Waals surface area (Å²) in [7, 11) is 0. The van der Waals surface area contributed by atoms with Crippen molar-refractivity contribution in [2.45, 2.75) is 25.8 Å². The normalized spacial score (nSPS) is 17.1. The molecule has 0 fully saturated rings. The first-order valence-electron chi connectivity index (χ1n) is 6.28. The van der Waals surface area contributed by atoms with Crippen LogP contribution in [0.25, 0.3) is 0 Å². The molecule has 0 saturated heterocycles. The molecule has 0 aliphatic carbocycles. The van der Waals surface area contributed by atoms with E-state index in [2.05, 4.69) is 26.8 Å². The molecular weight excluding hydrogens is 230 g/mol. The van der Waals surface area contributed by atoms with Crippen LogP contribution in [0.5, 0.6) is 0 Å². The Morgan fingerprint density at radius 2 is 2.56 bits per heavy atom. The quantitative estimate of drug-likeness (QED) is 0.735. The molecule has 18 heavy (non-hydrogen) atoms. The van der Waals surface area contributed by atoms with E-state index in [9.17, 15) is 4.79 Å². The van der Waals surface area contributed by atoms with Gasteiger partial charge in [0, 0.05) is 13.1 Å². The number of rotatable bonds is 5. The number of amides is 1. The smallest absolute Gasteiger partial charge is 0.244 e. The van der Waals surface area contributed by atoms with Gasteiger partial charge in [0.05, 0.1) is 0 Å². The van der Waals surface area contributed by atoms with Crippen molar-refractivity contribution < 1.29 is 4.79 Å². The second kappa shape index (κ2) is 6.30. The lowest BCUT2D eigenvalue weighted by molar-refractivity contribution is -0.124. The summed E-state index contributed by atoms with van der Waals surface area (Å²) in [5, 5.41) is 10.2. The molecule has 98 valence electrons. The lowest BCUT2D eigenvalue weighted by Gasteiger charge is -2.15. The first-order valence-corrected chi connectivity index (χ1v) is 6.28. The Kier molecular flexibility index (Phi) is 4.46. The minimum Gasteiger partial charge on any atom is -0.354 e. The number of aromatic nitrogens is 3. The molecule has 1 amide bonds. The van der Waals surface area contributed by atoms with Gasteiger partial charge in [0.25, 0.3) is 0 Å². The topological polar surface area (TPSA) is 71.8 Å². The van der Waals surface area contributed by atoms with Crippen LogP contribution in [0.3, 0.4) is 0 Å². The van der Waals surface area contributed by atoms with Crippen LogP contribution in [0.15, 0.2) is 24.3 Å². The van der Waals surface area contributed by atoms with Crippen LogP contribution in [0.1, 0.15) is 25.8 Å². The van der Waals surface area contributed by atoms with Gasteiger partial charge in [-0.05, 0) is 26.3 Å². The highest BCUT2D eigenvalue weighted by Gasteiger charge is 2.14. The molecule has 6 nitrogen and oxygen atoms in total. The van der Waals surface area contributed by atoms with Gasteiger partial charge in [0.15, 0.2) is 0 Å². The maximum Gasteiger partial charge on any atom is 0.244 e. The predicted molar refractivity (Wildman–Crippen MR) is 67.9 cm³/mol. The van der Waals surface area contributed by atoms with Crippen molar-refractivity contribution in [3.05, 3.63) is 24.3 Å². The van der Waals surface area contributed by atoms with Gasteiger partial charge < -0.3 is 10.6 Å². The summed E-state index contributed by atoms with van der Waals surface area (Å²) in [6.45, 7) is 4.48. The number of carbonyl (C=O) groups is 1. The van der Waals surface area contributed by atoms with Gasteiger partial charge in [-0.25, -0.2) is 9.67 Å². The van der Waals surface area contributed by atoms with Crippen LogP contribution in [0, 0.1) is 0 Å². The van der Waals surface area contributed by atoms with E-state index in [1.807, 2.05) is 6.92 Å². The second-order valence-corrected chi connectivity index (χ2v) is 4.41. The van der Waals surface area contributed by atoms with Gasteiger partial charge in [-0.2, -0.15) is 5.10 Å². The van der Waals surface area contributed by atoms with Gasteiger partial charge in [-0.1, -0.05) is 11.6 Å². The summed E-state index contributed by atoms with van der Waals surface area (Å²) in [4.78, 5) is 15.7. The van der Waals surface area contributed by atoms with Gasteiger partial charge in [0.1, 0.15) is 18.7 Å². The lowest BCUT2D eigenvalue weighted by Crippen LogP contribution is -2.32. The van der Waals surface area contributed by atoms with E-state index < -0.39 is 0 Å².